The smallest absolute Gasteiger partial charge is 0.322 e. The molecule has 0 fully saturated rings. The first-order chi connectivity index (χ1) is 8.77. The van der Waals surface area contributed by atoms with Gasteiger partial charge in [0, 0.05) is 18.8 Å². The SMILES string of the molecule is COC(=O)CS(=O)(=O)N(C)C(C)c1cccc(N)c1. The van der Waals surface area contributed by atoms with Gasteiger partial charge >= 0.3 is 5.97 Å². The van der Waals surface area contributed by atoms with Crippen LogP contribution >= 0.6 is 0 Å². The summed E-state index contributed by atoms with van der Waals surface area (Å²) in [6.45, 7) is 1.73. The van der Waals surface area contributed by atoms with Gasteiger partial charge in [-0.1, -0.05) is 12.1 Å². The van der Waals surface area contributed by atoms with E-state index in [-0.39, 0.29) is 0 Å². The van der Waals surface area contributed by atoms with E-state index < -0.39 is 27.8 Å². The van der Waals surface area contributed by atoms with Crippen molar-refractivity contribution in [1.82, 2.24) is 4.31 Å². The Morgan fingerprint density at radius 1 is 1.47 bits per heavy atom. The zero-order valence-corrected chi connectivity index (χ0v) is 12.0. The number of benzene rings is 1. The van der Waals surface area contributed by atoms with Crippen LogP contribution in [0.15, 0.2) is 24.3 Å². The predicted octanol–water partition coefficient (Wildman–Crippen LogP) is 0.764. The molecule has 0 radical (unpaired) electrons. The Hall–Kier alpha value is -1.60. The van der Waals surface area contributed by atoms with E-state index in [1.54, 1.807) is 31.2 Å². The molecule has 0 aliphatic heterocycles. The predicted molar refractivity (Wildman–Crippen MR) is 72.8 cm³/mol. The third kappa shape index (κ3) is 3.93. The number of ether oxygens (including phenoxy) is 1. The zero-order chi connectivity index (χ0) is 14.6. The summed E-state index contributed by atoms with van der Waals surface area (Å²) in [5, 5.41) is 0. The number of esters is 1. The van der Waals surface area contributed by atoms with E-state index in [4.69, 9.17) is 5.73 Å². The van der Waals surface area contributed by atoms with Crippen LogP contribution in [-0.4, -0.2) is 38.6 Å². The van der Waals surface area contributed by atoms with Crippen molar-refractivity contribution in [2.45, 2.75) is 13.0 Å². The van der Waals surface area contributed by atoms with Gasteiger partial charge in [0.05, 0.1) is 7.11 Å². The van der Waals surface area contributed by atoms with Crippen LogP contribution in [0.5, 0.6) is 0 Å². The van der Waals surface area contributed by atoms with Gasteiger partial charge in [0.2, 0.25) is 10.0 Å². The number of nitrogen functional groups attached to an aromatic ring is 1. The van der Waals surface area contributed by atoms with E-state index in [0.717, 1.165) is 17.0 Å². The third-order valence-corrected chi connectivity index (χ3v) is 4.70. The molecule has 1 unspecified atom stereocenters. The first-order valence-corrected chi connectivity index (χ1v) is 7.27. The summed E-state index contributed by atoms with van der Waals surface area (Å²) in [5.41, 5.74) is 6.98. The number of hydrogen-bond acceptors (Lipinski definition) is 5. The summed E-state index contributed by atoms with van der Waals surface area (Å²) in [6.07, 6.45) is 0. The molecule has 0 bridgehead atoms. The fraction of sp³-hybridized carbons (Fsp3) is 0.417. The highest BCUT2D eigenvalue weighted by atomic mass is 32.2. The van der Waals surface area contributed by atoms with Gasteiger partial charge in [0.25, 0.3) is 0 Å². The number of hydrogen-bond donors (Lipinski definition) is 1. The van der Waals surface area contributed by atoms with Crippen LogP contribution in [0.1, 0.15) is 18.5 Å². The maximum absolute atomic E-state index is 12.0. The van der Waals surface area contributed by atoms with Crippen LogP contribution in [0.25, 0.3) is 0 Å². The summed E-state index contributed by atoms with van der Waals surface area (Å²) in [6, 6.07) is 6.54. The normalized spacial score (nSPS) is 13.3. The van der Waals surface area contributed by atoms with E-state index in [1.807, 2.05) is 0 Å². The Labute approximate surface area is 113 Å². The monoisotopic (exact) mass is 286 g/mol. The molecule has 0 spiro atoms. The number of carbonyl (C=O) groups is 1. The van der Waals surface area contributed by atoms with Gasteiger partial charge < -0.3 is 10.5 Å². The maximum atomic E-state index is 12.0. The molecule has 19 heavy (non-hydrogen) atoms. The van der Waals surface area contributed by atoms with Crippen molar-refractivity contribution < 1.29 is 17.9 Å². The lowest BCUT2D eigenvalue weighted by atomic mass is 10.1. The summed E-state index contributed by atoms with van der Waals surface area (Å²) in [5.74, 6) is -1.46. The van der Waals surface area contributed by atoms with E-state index in [1.165, 1.54) is 7.05 Å². The molecule has 1 aromatic carbocycles. The Kier molecular flexibility index (Phi) is 4.90. The topological polar surface area (TPSA) is 89.7 Å². The van der Waals surface area contributed by atoms with Crippen molar-refractivity contribution in [3.63, 3.8) is 0 Å². The number of methoxy groups -OCH3 is 1. The van der Waals surface area contributed by atoms with Crippen LogP contribution in [-0.2, 0) is 19.6 Å². The summed E-state index contributed by atoms with van der Waals surface area (Å²) in [4.78, 5) is 11.1. The molecular formula is C12H18N2O4S. The molecule has 1 atom stereocenters. The van der Waals surface area contributed by atoms with Crippen LogP contribution < -0.4 is 5.73 Å². The standard InChI is InChI=1S/C12H18N2O4S/c1-9(10-5-4-6-11(13)7-10)14(2)19(16,17)8-12(15)18-3/h4-7,9H,8,13H2,1-3H3. The maximum Gasteiger partial charge on any atom is 0.322 e. The Morgan fingerprint density at radius 2 is 2.11 bits per heavy atom. The van der Waals surface area contributed by atoms with Crippen molar-refractivity contribution in [3.05, 3.63) is 29.8 Å². The molecule has 1 rings (SSSR count). The minimum absolute atomic E-state index is 0.418. The van der Waals surface area contributed by atoms with E-state index >= 15 is 0 Å². The average molecular weight is 286 g/mol. The van der Waals surface area contributed by atoms with Crippen LogP contribution in [0.4, 0.5) is 5.69 Å². The van der Waals surface area contributed by atoms with E-state index in [0.29, 0.717) is 5.69 Å². The number of anilines is 1. The first kappa shape index (κ1) is 15.5. The molecule has 7 heteroatoms. The van der Waals surface area contributed by atoms with Gasteiger partial charge in [0.15, 0.2) is 5.75 Å². The van der Waals surface area contributed by atoms with Crippen molar-refractivity contribution in [1.29, 1.82) is 0 Å². The van der Waals surface area contributed by atoms with E-state index in [9.17, 15) is 13.2 Å². The van der Waals surface area contributed by atoms with Crippen molar-refractivity contribution in [2.24, 2.45) is 0 Å². The van der Waals surface area contributed by atoms with E-state index in [2.05, 4.69) is 4.74 Å². The largest absolute Gasteiger partial charge is 0.468 e. The van der Waals surface area contributed by atoms with Gasteiger partial charge in [-0.25, -0.2) is 8.42 Å². The molecule has 0 heterocycles. The molecule has 2 N–H and O–H groups in total. The highest BCUT2D eigenvalue weighted by Gasteiger charge is 2.27. The molecule has 0 saturated carbocycles. The first-order valence-electron chi connectivity index (χ1n) is 5.66. The second kappa shape index (κ2) is 6.03. The number of carbonyl (C=O) groups excluding carboxylic acids is 1. The fourth-order valence-corrected chi connectivity index (χ4v) is 2.80. The van der Waals surface area contributed by atoms with Gasteiger partial charge in [-0.2, -0.15) is 4.31 Å². The number of nitrogens with zero attached hydrogens (tertiary/aromatic N) is 1. The lowest BCUT2D eigenvalue weighted by Gasteiger charge is -2.24. The molecule has 1 aromatic rings. The van der Waals surface area contributed by atoms with Gasteiger partial charge in [-0.3, -0.25) is 4.79 Å². The van der Waals surface area contributed by atoms with Crippen molar-refractivity contribution in [2.75, 3.05) is 25.6 Å². The Balaban J connectivity index is 2.93. The molecular weight excluding hydrogens is 268 g/mol. The highest BCUT2D eigenvalue weighted by molar-refractivity contribution is 7.89. The third-order valence-electron chi connectivity index (χ3n) is 2.91. The number of rotatable bonds is 5. The second-order valence-corrected chi connectivity index (χ2v) is 6.22. The van der Waals surface area contributed by atoms with Gasteiger partial charge in [0.1, 0.15) is 0 Å². The quantitative estimate of drug-likeness (QED) is 0.637. The highest BCUT2D eigenvalue weighted by Crippen LogP contribution is 2.23. The van der Waals surface area contributed by atoms with Gasteiger partial charge in [-0.15, -0.1) is 0 Å². The lowest BCUT2D eigenvalue weighted by Crippen LogP contribution is -2.34. The molecule has 0 aromatic heterocycles. The van der Waals surface area contributed by atoms with Gasteiger partial charge in [-0.05, 0) is 24.6 Å². The van der Waals surface area contributed by atoms with Crippen molar-refractivity contribution >= 4 is 21.7 Å². The number of sulfonamides is 1. The average Bonchev–Trinajstić information content (AvgIpc) is 2.36. The molecule has 6 nitrogen and oxygen atoms in total. The molecule has 0 saturated heterocycles. The minimum atomic E-state index is -3.71. The lowest BCUT2D eigenvalue weighted by molar-refractivity contribution is -0.137. The van der Waals surface area contributed by atoms with Crippen molar-refractivity contribution in [3.8, 4) is 0 Å². The van der Waals surface area contributed by atoms with Crippen LogP contribution in [0.2, 0.25) is 0 Å². The number of nitrogens with two attached hydrogens (primary N) is 1. The molecule has 0 aliphatic rings. The minimum Gasteiger partial charge on any atom is -0.468 e. The van der Waals surface area contributed by atoms with Crippen LogP contribution in [0, 0.1) is 0 Å². The molecule has 0 aliphatic carbocycles. The second-order valence-electron chi connectivity index (χ2n) is 4.19. The summed E-state index contributed by atoms with van der Waals surface area (Å²) < 4.78 is 29.5. The summed E-state index contributed by atoms with van der Waals surface area (Å²) >= 11 is 0. The summed E-state index contributed by atoms with van der Waals surface area (Å²) in [7, 11) is -1.14. The van der Waals surface area contributed by atoms with Crippen LogP contribution in [0.3, 0.4) is 0 Å². The molecule has 106 valence electrons. The molecule has 0 amide bonds. The Morgan fingerprint density at radius 3 is 2.63 bits per heavy atom. The Bertz CT molecular complexity index is 557. The zero-order valence-electron chi connectivity index (χ0n) is 11.2. The fourth-order valence-electron chi connectivity index (χ4n) is 1.58.